The molecule has 3 aromatic rings. The van der Waals surface area contributed by atoms with Gasteiger partial charge in [-0.15, -0.1) is 5.10 Å². The number of benzene rings is 1. The van der Waals surface area contributed by atoms with Crippen molar-refractivity contribution in [3.63, 3.8) is 0 Å². The summed E-state index contributed by atoms with van der Waals surface area (Å²) in [5.41, 5.74) is 5.51. The van der Waals surface area contributed by atoms with Crippen LogP contribution in [0.15, 0.2) is 24.4 Å². The van der Waals surface area contributed by atoms with E-state index < -0.39 is 0 Å². The third-order valence-electron chi connectivity index (χ3n) is 7.71. The average Bonchev–Trinajstić information content (AvgIpc) is 3.53. The molecule has 0 unspecified atom stereocenters. The van der Waals surface area contributed by atoms with E-state index in [-0.39, 0.29) is 17.3 Å². The number of anilines is 1. The van der Waals surface area contributed by atoms with Gasteiger partial charge in [0, 0.05) is 30.2 Å². The fourth-order valence-electron chi connectivity index (χ4n) is 5.51. The van der Waals surface area contributed by atoms with E-state index in [1.807, 2.05) is 17.0 Å². The number of hydrogen-bond donors (Lipinski definition) is 0. The number of carbonyl (C=O) groups excluding carboxylic acids is 2. The highest BCUT2D eigenvalue weighted by Crippen LogP contribution is 2.43. The molecule has 33 heavy (non-hydrogen) atoms. The number of rotatable bonds is 4. The topological polar surface area (TPSA) is 88.5 Å². The molecule has 0 atom stereocenters. The van der Waals surface area contributed by atoms with E-state index in [1.165, 1.54) is 22.7 Å². The third-order valence-corrected chi connectivity index (χ3v) is 8.36. The molecule has 6 rings (SSSR count). The molecule has 2 fully saturated rings. The van der Waals surface area contributed by atoms with Crippen LogP contribution in [0.3, 0.4) is 0 Å². The first-order valence-electron chi connectivity index (χ1n) is 11.4. The Bertz CT molecular complexity index is 1260. The van der Waals surface area contributed by atoms with Crippen LogP contribution in [0, 0.1) is 12.3 Å². The first kappa shape index (κ1) is 20.7. The van der Waals surface area contributed by atoms with Crippen LogP contribution in [0.2, 0.25) is 0 Å². The van der Waals surface area contributed by atoms with Gasteiger partial charge in [0.1, 0.15) is 12.1 Å². The number of hydrogen-bond acceptors (Lipinski definition) is 8. The lowest BCUT2D eigenvalue weighted by Gasteiger charge is -2.38. The van der Waals surface area contributed by atoms with E-state index in [0.29, 0.717) is 12.2 Å². The quantitative estimate of drug-likeness (QED) is 0.549. The van der Waals surface area contributed by atoms with Crippen molar-refractivity contribution in [2.24, 2.45) is 5.41 Å². The summed E-state index contributed by atoms with van der Waals surface area (Å²) >= 11 is 1.27. The largest absolute Gasteiger partial charge is 0.457 e. The Balaban J connectivity index is 1.09. The molecule has 1 spiro atoms. The molecule has 170 valence electrons. The Morgan fingerprint density at radius 1 is 1.15 bits per heavy atom. The second-order valence-electron chi connectivity index (χ2n) is 9.32. The molecule has 1 aromatic carbocycles. The van der Waals surface area contributed by atoms with Crippen molar-refractivity contribution in [2.75, 3.05) is 31.1 Å². The Labute approximate surface area is 195 Å². The Morgan fingerprint density at radius 2 is 1.97 bits per heavy atom. The first-order valence-corrected chi connectivity index (χ1v) is 12.2. The zero-order valence-corrected chi connectivity index (χ0v) is 19.4. The number of carbonyl (C=O) groups is 2. The number of ether oxygens (including phenoxy) is 1. The summed E-state index contributed by atoms with van der Waals surface area (Å²) in [6.45, 7) is 6.02. The minimum atomic E-state index is -0.257. The number of likely N-dealkylation sites (tertiary alicyclic amines) is 1. The van der Waals surface area contributed by atoms with Gasteiger partial charge in [-0.05, 0) is 69.0 Å². The number of cyclic esters (lactones) is 1. The van der Waals surface area contributed by atoms with E-state index in [1.54, 1.807) is 6.20 Å². The second-order valence-corrected chi connectivity index (χ2v) is 10.1. The highest BCUT2D eigenvalue weighted by molar-refractivity contribution is 7.12. The Kier molecular flexibility index (Phi) is 4.92. The van der Waals surface area contributed by atoms with Crippen LogP contribution in [-0.4, -0.2) is 57.5 Å². The number of esters is 1. The van der Waals surface area contributed by atoms with E-state index in [0.717, 1.165) is 73.5 Å². The fourth-order valence-corrected chi connectivity index (χ4v) is 6.00. The zero-order valence-electron chi connectivity index (χ0n) is 18.5. The predicted molar refractivity (Wildman–Crippen MR) is 124 cm³/mol. The lowest BCUT2D eigenvalue weighted by molar-refractivity contribution is -0.128. The van der Waals surface area contributed by atoms with Crippen molar-refractivity contribution in [3.8, 4) is 0 Å². The minimum absolute atomic E-state index is 0.213. The lowest BCUT2D eigenvalue weighted by atomic mass is 9.77. The van der Waals surface area contributed by atoms with E-state index in [4.69, 9.17) is 4.74 Å². The number of piperidine rings is 1. The monoisotopic (exact) mass is 463 g/mol. The maximum atomic E-state index is 13.4. The first-order chi connectivity index (χ1) is 16.0. The molecule has 3 aliphatic heterocycles. The predicted octanol–water partition coefficient (Wildman–Crippen LogP) is 3.13. The van der Waals surface area contributed by atoms with Crippen molar-refractivity contribution in [3.05, 3.63) is 46.6 Å². The minimum Gasteiger partial charge on any atom is -0.457 e. The van der Waals surface area contributed by atoms with Crippen LogP contribution in [-0.2, 0) is 22.6 Å². The average molecular weight is 464 g/mol. The van der Waals surface area contributed by atoms with Crippen LogP contribution in [0.5, 0.6) is 0 Å². The fraction of sp³-hybridized carbons (Fsp3) is 0.458. The second kappa shape index (κ2) is 7.85. The molecule has 3 aliphatic rings. The summed E-state index contributed by atoms with van der Waals surface area (Å²) in [4.78, 5) is 34.8. The summed E-state index contributed by atoms with van der Waals surface area (Å²) in [5, 5.41) is 4.10. The van der Waals surface area contributed by atoms with Gasteiger partial charge in [0.05, 0.1) is 22.9 Å². The van der Waals surface area contributed by atoms with Gasteiger partial charge in [-0.2, -0.15) is 0 Å². The highest BCUT2D eigenvalue weighted by atomic mass is 32.1. The smallest absolute Gasteiger partial charge is 0.338 e. The van der Waals surface area contributed by atoms with Gasteiger partial charge in [0.25, 0.3) is 0 Å². The number of pyridine rings is 1. The Hall–Kier alpha value is -2.91. The molecule has 0 radical (unpaired) electrons. The SMILES string of the molecule is Cc1c(CCN2CCC3(CC2)CCN(c2cnc4snnc4c2)C3=O)ccc2c1COC2=O. The molecule has 9 heteroatoms. The molecular weight excluding hydrogens is 438 g/mol. The van der Waals surface area contributed by atoms with Gasteiger partial charge in [-0.1, -0.05) is 10.6 Å². The lowest BCUT2D eigenvalue weighted by Crippen LogP contribution is -2.45. The maximum Gasteiger partial charge on any atom is 0.338 e. The van der Waals surface area contributed by atoms with Crippen LogP contribution in [0.25, 0.3) is 10.3 Å². The molecule has 1 amide bonds. The van der Waals surface area contributed by atoms with Crippen molar-refractivity contribution in [1.29, 1.82) is 0 Å². The van der Waals surface area contributed by atoms with Gasteiger partial charge < -0.3 is 14.5 Å². The Morgan fingerprint density at radius 3 is 2.82 bits per heavy atom. The van der Waals surface area contributed by atoms with Crippen molar-refractivity contribution >= 4 is 39.4 Å². The van der Waals surface area contributed by atoms with Crippen molar-refractivity contribution < 1.29 is 14.3 Å². The van der Waals surface area contributed by atoms with Gasteiger partial charge in [-0.3, -0.25) is 4.79 Å². The third kappa shape index (κ3) is 3.41. The summed E-state index contributed by atoms with van der Waals surface area (Å²) in [5.74, 6) is 0.0147. The van der Waals surface area contributed by atoms with Crippen LogP contribution in [0.4, 0.5) is 5.69 Å². The summed E-state index contributed by atoms with van der Waals surface area (Å²) < 4.78 is 9.12. The maximum absolute atomic E-state index is 13.4. The summed E-state index contributed by atoms with van der Waals surface area (Å²) in [6.07, 6.45) is 5.38. The van der Waals surface area contributed by atoms with Gasteiger partial charge in [0.15, 0.2) is 4.83 Å². The molecule has 5 heterocycles. The van der Waals surface area contributed by atoms with Crippen molar-refractivity contribution in [2.45, 2.75) is 39.2 Å². The standard InChI is InChI=1S/C24H25N5O3S/c1-15-16(2-3-18-19(15)14-32-22(18)30)4-8-28-9-5-24(6-10-28)7-11-29(23(24)31)17-12-20-21(25-13-17)33-27-26-20/h2-3,12-13H,4-11,14H2,1H3. The van der Waals surface area contributed by atoms with Crippen LogP contribution < -0.4 is 4.90 Å². The molecular formula is C24H25N5O3S. The van der Waals surface area contributed by atoms with E-state index in [2.05, 4.69) is 32.5 Å². The van der Waals surface area contributed by atoms with Crippen LogP contribution >= 0.6 is 11.5 Å². The van der Waals surface area contributed by atoms with Gasteiger partial charge in [-0.25, -0.2) is 9.78 Å². The molecule has 0 aliphatic carbocycles. The molecule has 0 bridgehead atoms. The highest BCUT2D eigenvalue weighted by Gasteiger charge is 2.48. The van der Waals surface area contributed by atoms with Crippen molar-refractivity contribution in [1.82, 2.24) is 19.5 Å². The summed E-state index contributed by atoms with van der Waals surface area (Å²) in [7, 11) is 0. The molecule has 2 saturated heterocycles. The number of amides is 1. The van der Waals surface area contributed by atoms with E-state index >= 15 is 0 Å². The van der Waals surface area contributed by atoms with Crippen LogP contribution in [0.1, 0.15) is 46.3 Å². The molecule has 8 nitrogen and oxygen atoms in total. The zero-order chi connectivity index (χ0) is 22.6. The van der Waals surface area contributed by atoms with Gasteiger partial charge >= 0.3 is 5.97 Å². The van der Waals surface area contributed by atoms with E-state index in [9.17, 15) is 9.59 Å². The number of fused-ring (bicyclic) bond motifs is 2. The number of nitrogens with zero attached hydrogens (tertiary/aromatic N) is 5. The number of aromatic nitrogens is 3. The summed E-state index contributed by atoms with van der Waals surface area (Å²) in [6, 6.07) is 5.89. The molecule has 0 saturated carbocycles. The normalized spacial score (nSPS) is 20.1. The molecule has 0 N–H and O–H groups in total. The van der Waals surface area contributed by atoms with Gasteiger partial charge in [0.2, 0.25) is 5.91 Å². The molecule has 2 aromatic heterocycles.